The van der Waals surface area contributed by atoms with Crippen LogP contribution < -0.4 is 0 Å². The lowest BCUT2D eigenvalue weighted by Gasteiger charge is -2.42. The Balaban J connectivity index is 1.28. The minimum absolute atomic E-state index is 0.173. The zero-order valence-corrected chi connectivity index (χ0v) is 23.3. The summed E-state index contributed by atoms with van der Waals surface area (Å²) in [5, 5.41) is 0. The monoisotopic (exact) mass is 568 g/mol. The van der Waals surface area contributed by atoms with Crippen molar-refractivity contribution >= 4 is 11.9 Å². The maximum Gasteiger partial charge on any atom is 0.338 e. The predicted molar refractivity (Wildman–Crippen MR) is 151 cm³/mol. The van der Waals surface area contributed by atoms with Crippen molar-refractivity contribution in [3.05, 3.63) is 84.7 Å². The van der Waals surface area contributed by atoms with Gasteiger partial charge in [0.25, 0.3) is 0 Å². The molecule has 2 aromatic rings. The van der Waals surface area contributed by atoms with Crippen molar-refractivity contribution in [1.82, 2.24) is 0 Å². The van der Waals surface area contributed by atoms with E-state index in [0.717, 1.165) is 37.3 Å². The smallest absolute Gasteiger partial charge is 0.338 e. The first-order valence-electron chi connectivity index (χ1n) is 14.3. The normalized spacial score (nSPS) is 23.7. The molecule has 6 nitrogen and oxygen atoms in total. The van der Waals surface area contributed by atoms with Crippen molar-refractivity contribution in [2.45, 2.75) is 76.2 Å². The van der Waals surface area contributed by atoms with Crippen molar-refractivity contribution in [1.29, 1.82) is 0 Å². The number of alkyl halides is 1. The molecule has 220 valence electrons. The van der Waals surface area contributed by atoms with Gasteiger partial charge in [-0.3, -0.25) is 0 Å². The number of ether oxygens (including phenoxy) is 2. The Labute approximate surface area is 240 Å². The standard InChI is InChI=1S/C33H38F2O6/c1-3-19-39-41-30-9-7-17-33(30)18-16-29(28(35)22-33)40-32(37)25-13-11-24(12-14-25)26-15-10-23(21-27(26)34)8-5-6-20-38-31(36)4-2/h3-4,10-15,21,28-30H,1-2,5-9,16-20,22H2. The minimum atomic E-state index is -1.29. The molecule has 1 spiro atoms. The van der Waals surface area contributed by atoms with Crippen LogP contribution in [0.3, 0.4) is 0 Å². The van der Waals surface area contributed by atoms with E-state index in [1.54, 1.807) is 36.4 Å². The lowest BCUT2D eigenvalue weighted by Crippen LogP contribution is -2.44. The lowest BCUT2D eigenvalue weighted by molar-refractivity contribution is -0.337. The highest BCUT2D eigenvalue weighted by Crippen LogP contribution is 2.51. The topological polar surface area (TPSA) is 71.1 Å². The number of benzene rings is 2. The van der Waals surface area contributed by atoms with Gasteiger partial charge in [0.05, 0.1) is 18.3 Å². The van der Waals surface area contributed by atoms with E-state index in [1.807, 2.05) is 6.07 Å². The summed E-state index contributed by atoms with van der Waals surface area (Å²) in [6.07, 6.45) is 6.55. The molecule has 2 aliphatic rings. The van der Waals surface area contributed by atoms with Gasteiger partial charge in [-0.1, -0.05) is 43.3 Å². The summed E-state index contributed by atoms with van der Waals surface area (Å²) in [5.41, 5.74) is 1.87. The third-order valence-electron chi connectivity index (χ3n) is 8.12. The van der Waals surface area contributed by atoms with Gasteiger partial charge < -0.3 is 9.47 Å². The Bertz CT molecular complexity index is 1210. The molecule has 8 heteroatoms. The first-order valence-corrected chi connectivity index (χ1v) is 14.3. The van der Waals surface area contributed by atoms with E-state index < -0.39 is 24.2 Å². The third-order valence-corrected chi connectivity index (χ3v) is 8.12. The summed E-state index contributed by atoms with van der Waals surface area (Å²) in [6, 6.07) is 11.5. The molecule has 0 radical (unpaired) electrons. The fourth-order valence-electron chi connectivity index (χ4n) is 5.91. The Morgan fingerprint density at radius 3 is 2.56 bits per heavy atom. The number of aryl methyl sites for hydroxylation is 1. The second-order valence-electron chi connectivity index (χ2n) is 10.8. The van der Waals surface area contributed by atoms with E-state index in [9.17, 15) is 14.0 Å². The van der Waals surface area contributed by atoms with E-state index in [0.29, 0.717) is 43.4 Å². The van der Waals surface area contributed by atoms with Crippen LogP contribution in [0.5, 0.6) is 0 Å². The van der Waals surface area contributed by atoms with E-state index in [-0.39, 0.29) is 35.9 Å². The molecule has 0 N–H and O–H groups in total. The Kier molecular flexibility index (Phi) is 10.8. The average Bonchev–Trinajstić information content (AvgIpc) is 3.35. The van der Waals surface area contributed by atoms with Crippen molar-refractivity contribution in [2.75, 3.05) is 13.2 Å². The molecule has 0 heterocycles. The minimum Gasteiger partial charge on any atom is -0.463 e. The molecule has 2 saturated carbocycles. The van der Waals surface area contributed by atoms with Crippen LogP contribution >= 0.6 is 0 Å². The van der Waals surface area contributed by atoms with Crippen LogP contribution in [0.4, 0.5) is 8.78 Å². The van der Waals surface area contributed by atoms with Crippen molar-refractivity contribution < 1.29 is 37.6 Å². The highest BCUT2D eigenvalue weighted by molar-refractivity contribution is 5.90. The van der Waals surface area contributed by atoms with Crippen LogP contribution in [-0.4, -0.2) is 43.5 Å². The largest absolute Gasteiger partial charge is 0.463 e. The van der Waals surface area contributed by atoms with Gasteiger partial charge in [0.1, 0.15) is 24.7 Å². The first-order chi connectivity index (χ1) is 19.8. The highest BCUT2D eigenvalue weighted by Gasteiger charge is 2.51. The molecular formula is C33H38F2O6. The summed E-state index contributed by atoms with van der Waals surface area (Å²) >= 11 is 0. The van der Waals surface area contributed by atoms with Gasteiger partial charge in [-0.05, 0) is 80.7 Å². The zero-order valence-electron chi connectivity index (χ0n) is 23.3. The number of halogens is 2. The molecule has 0 bridgehead atoms. The third kappa shape index (κ3) is 7.89. The van der Waals surface area contributed by atoms with Crippen molar-refractivity contribution in [3.63, 3.8) is 0 Å². The maximum absolute atomic E-state index is 15.3. The number of esters is 2. The Morgan fingerprint density at radius 1 is 1.05 bits per heavy atom. The molecule has 0 aliphatic heterocycles. The van der Waals surface area contributed by atoms with Crippen LogP contribution in [0.2, 0.25) is 0 Å². The fourth-order valence-corrected chi connectivity index (χ4v) is 5.91. The molecule has 0 saturated heterocycles. The summed E-state index contributed by atoms with van der Waals surface area (Å²) < 4.78 is 40.7. The quantitative estimate of drug-likeness (QED) is 0.0632. The number of hydrogen-bond acceptors (Lipinski definition) is 6. The SMILES string of the molecule is C=CCOOC1CCCC12CCC(OC(=O)c1ccc(-c3ccc(CCCCOC(=O)C=C)cc3F)cc1)C(F)C2. The van der Waals surface area contributed by atoms with Gasteiger partial charge >= 0.3 is 11.9 Å². The summed E-state index contributed by atoms with van der Waals surface area (Å²) in [4.78, 5) is 34.7. The van der Waals surface area contributed by atoms with Crippen LogP contribution in [0.15, 0.2) is 67.8 Å². The Hall–Kier alpha value is -3.36. The number of unbranched alkanes of at least 4 members (excludes halogenated alkanes) is 1. The van der Waals surface area contributed by atoms with Gasteiger partial charge in [-0.25, -0.2) is 28.1 Å². The molecule has 4 atom stereocenters. The van der Waals surface area contributed by atoms with Crippen LogP contribution in [0.1, 0.15) is 67.3 Å². The number of hydrogen-bond donors (Lipinski definition) is 0. The molecular weight excluding hydrogens is 530 g/mol. The summed E-state index contributed by atoms with van der Waals surface area (Å²) in [6.45, 7) is 7.54. The van der Waals surface area contributed by atoms with E-state index >= 15 is 4.39 Å². The molecule has 0 amide bonds. The molecule has 2 fully saturated rings. The number of carbonyl (C=O) groups excluding carboxylic acids is 2. The second-order valence-corrected chi connectivity index (χ2v) is 10.8. The average molecular weight is 569 g/mol. The van der Waals surface area contributed by atoms with Gasteiger partial charge in [0, 0.05) is 17.1 Å². The first kappa shape index (κ1) is 30.6. The summed E-state index contributed by atoms with van der Waals surface area (Å²) in [5.74, 6) is -1.41. The van der Waals surface area contributed by atoms with Gasteiger partial charge in [0.15, 0.2) is 0 Å². The fraction of sp³-hybridized carbons (Fsp3) is 0.455. The van der Waals surface area contributed by atoms with Gasteiger partial charge in [-0.2, -0.15) is 0 Å². The van der Waals surface area contributed by atoms with Gasteiger partial charge in [0.2, 0.25) is 0 Å². The molecule has 2 aromatic carbocycles. The van der Waals surface area contributed by atoms with E-state index in [2.05, 4.69) is 13.2 Å². The highest BCUT2D eigenvalue weighted by atomic mass is 19.1. The van der Waals surface area contributed by atoms with Crippen LogP contribution in [-0.2, 0) is 30.5 Å². The van der Waals surface area contributed by atoms with Crippen LogP contribution in [0, 0.1) is 11.2 Å². The zero-order chi connectivity index (χ0) is 29.2. The molecule has 0 aromatic heterocycles. The van der Waals surface area contributed by atoms with E-state index in [4.69, 9.17) is 19.2 Å². The van der Waals surface area contributed by atoms with E-state index in [1.165, 1.54) is 6.07 Å². The maximum atomic E-state index is 15.3. The Morgan fingerprint density at radius 2 is 1.85 bits per heavy atom. The predicted octanol–water partition coefficient (Wildman–Crippen LogP) is 7.27. The lowest BCUT2D eigenvalue weighted by atomic mass is 9.70. The van der Waals surface area contributed by atoms with Gasteiger partial charge in [-0.15, -0.1) is 6.58 Å². The molecule has 41 heavy (non-hydrogen) atoms. The van der Waals surface area contributed by atoms with Crippen LogP contribution in [0.25, 0.3) is 11.1 Å². The number of carbonyl (C=O) groups is 2. The molecule has 2 aliphatic carbocycles. The van der Waals surface area contributed by atoms with Crippen molar-refractivity contribution in [3.8, 4) is 11.1 Å². The molecule has 4 rings (SSSR count). The number of rotatable bonds is 13. The molecule has 4 unspecified atom stereocenters. The van der Waals surface area contributed by atoms with Crippen molar-refractivity contribution in [2.24, 2.45) is 5.41 Å². The second kappa shape index (κ2) is 14.5. The summed E-state index contributed by atoms with van der Waals surface area (Å²) in [7, 11) is 0.